The molecule has 0 heterocycles. The van der Waals surface area contributed by atoms with Gasteiger partial charge in [-0.3, -0.25) is 32.5 Å². The summed E-state index contributed by atoms with van der Waals surface area (Å²) in [6.07, 6.45) is 72.5. The van der Waals surface area contributed by atoms with Crippen molar-refractivity contribution in [3.05, 3.63) is 122 Å². The van der Waals surface area contributed by atoms with Crippen LogP contribution in [0.15, 0.2) is 122 Å². The summed E-state index contributed by atoms with van der Waals surface area (Å²) in [6, 6.07) is 0. The van der Waals surface area contributed by atoms with Crippen molar-refractivity contribution in [3.63, 3.8) is 0 Å². The van der Waals surface area contributed by atoms with Crippen LogP contribution >= 0.6 is 15.6 Å². The molecular weight excluding hydrogens is 1170 g/mol. The van der Waals surface area contributed by atoms with Gasteiger partial charge < -0.3 is 34.2 Å². The summed E-state index contributed by atoms with van der Waals surface area (Å²) < 4.78 is 60.8. The van der Waals surface area contributed by atoms with Crippen LogP contribution in [-0.4, -0.2) is 95.9 Å². The third kappa shape index (κ3) is 65.3. The fourth-order valence-corrected chi connectivity index (χ4v) is 10.0. The number of phosphoric ester groups is 2. The van der Waals surface area contributed by atoms with Gasteiger partial charge in [-0.25, -0.2) is 9.13 Å². The summed E-state index contributed by atoms with van der Waals surface area (Å²) >= 11 is 0. The Kier molecular flexibility index (Phi) is 61.2. The number of phosphoric acid groups is 2. The van der Waals surface area contributed by atoms with Gasteiger partial charge in [0.25, 0.3) is 0 Å². The predicted octanol–water partition coefficient (Wildman–Crippen LogP) is 18.6. The quantitative estimate of drug-likeness (QED) is 0.0146. The fraction of sp³-hybridized carbons (Fsp3) is 0.676. The number of hydrogen-bond donors (Lipinski definition) is 4. The number of rotatable bonds is 63. The molecule has 0 bridgehead atoms. The first-order valence-electron chi connectivity index (χ1n) is 33.8. The highest BCUT2D eigenvalue weighted by Crippen LogP contribution is 2.45. The molecule has 4 N–H and O–H groups in total. The van der Waals surface area contributed by atoms with Crippen molar-refractivity contribution in [2.24, 2.45) is 0 Å². The second-order valence-corrected chi connectivity index (χ2v) is 25.1. The number of aliphatic hydroxyl groups excluding tert-OH is 2. The molecular formula is C71H120O16P2. The first-order chi connectivity index (χ1) is 43.2. The highest BCUT2D eigenvalue weighted by molar-refractivity contribution is 7.47. The van der Waals surface area contributed by atoms with Crippen LogP contribution in [0.3, 0.4) is 0 Å². The van der Waals surface area contributed by atoms with Gasteiger partial charge in [-0.1, -0.05) is 219 Å². The van der Waals surface area contributed by atoms with Crippen LogP contribution < -0.4 is 0 Å². The normalized spacial score (nSPS) is 15.0. The average molecular weight is 1290 g/mol. The Hall–Kier alpha value is -4.05. The van der Waals surface area contributed by atoms with Crippen LogP contribution in [0, 0.1) is 0 Å². The summed E-state index contributed by atoms with van der Waals surface area (Å²) in [5.41, 5.74) is 0. The molecule has 0 aromatic rings. The number of ether oxygens (including phenoxy) is 3. The van der Waals surface area contributed by atoms with E-state index in [4.69, 9.17) is 32.3 Å². The molecule has 0 aromatic heterocycles. The molecule has 5 atom stereocenters. The molecule has 0 radical (unpaired) electrons. The Labute approximate surface area is 538 Å². The van der Waals surface area contributed by atoms with Gasteiger partial charge in [-0.15, -0.1) is 0 Å². The first-order valence-corrected chi connectivity index (χ1v) is 36.8. The van der Waals surface area contributed by atoms with Crippen LogP contribution in [0.5, 0.6) is 0 Å². The second kappa shape index (κ2) is 64.1. The molecule has 0 amide bonds. The largest absolute Gasteiger partial charge is 0.472 e. The van der Waals surface area contributed by atoms with Gasteiger partial charge in [-0.2, -0.15) is 0 Å². The molecule has 0 aromatic carbocycles. The molecule has 0 fully saturated rings. The molecule has 5 unspecified atom stereocenters. The smallest absolute Gasteiger partial charge is 0.463 e. The van der Waals surface area contributed by atoms with E-state index < -0.39 is 91.5 Å². The summed E-state index contributed by atoms with van der Waals surface area (Å²) in [4.78, 5) is 58.3. The van der Waals surface area contributed by atoms with Gasteiger partial charge in [0.2, 0.25) is 0 Å². The Bertz CT molecular complexity index is 2110. The summed E-state index contributed by atoms with van der Waals surface area (Å²) in [7, 11) is -9.79. The third-order valence-electron chi connectivity index (χ3n) is 13.6. The Balaban J connectivity index is 4.69. The molecule has 0 rings (SSSR count). The van der Waals surface area contributed by atoms with Crippen molar-refractivity contribution < 1.29 is 75.8 Å². The van der Waals surface area contributed by atoms with Crippen molar-refractivity contribution in [2.45, 2.75) is 270 Å². The van der Waals surface area contributed by atoms with Crippen LogP contribution in [0.4, 0.5) is 0 Å². The van der Waals surface area contributed by atoms with E-state index in [9.17, 15) is 43.5 Å². The number of carbonyl (C=O) groups is 3. The number of esters is 3. The van der Waals surface area contributed by atoms with Gasteiger partial charge in [0.15, 0.2) is 6.10 Å². The maximum atomic E-state index is 12.9. The Morgan fingerprint density at radius 2 is 0.596 bits per heavy atom. The molecule has 0 aliphatic heterocycles. The van der Waals surface area contributed by atoms with E-state index in [-0.39, 0.29) is 19.3 Å². The lowest BCUT2D eigenvalue weighted by atomic mass is 10.1. The van der Waals surface area contributed by atoms with Crippen LogP contribution in [0.2, 0.25) is 0 Å². The molecule has 0 aliphatic rings. The van der Waals surface area contributed by atoms with Crippen LogP contribution in [0.1, 0.15) is 252 Å². The van der Waals surface area contributed by atoms with Crippen LogP contribution in [0.25, 0.3) is 0 Å². The molecule has 18 heteroatoms. The lowest BCUT2D eigenvalue weighted by molar-refractivity contribution is -0.161. The highest BCUT2D eigenvalue weighted by Gasteiger charge is 2.29. The maximum Gasteiger partial charge on any atom is 0.472 e. The number of aliphatic hydroxyl groups is 2. The summed E-state index contributed by atoms with van der Waals surface area (Å²) in [6.45, 7) is 2.42. The zero-order chi connectivity index (χ0) is 65.3. The first kappa shape index (κ1) is 85.0. The molecule has 89 heavy (non-hydrogen) atoms. The lowest BCUT2D eigenvalue weighted by Crippen LogP contribution is -2.30. The molecule has 0 saturated heterocycles. The number of carbonyl (C=O) groups excluding carboxylic acids is 3. The van der Waals surface area contributed by atoms with Crippen LogP contribution in [-0.2, 0) is 55.8 Å². The minimum atomic E-state index is -4.94. The van der Waals surface area contributed by atoms with Gasteiger partial charge in [-0.05, 0) is 135 Å². The Morgan fingerprint density at radius 1 is 0.326 bits per heavy atom. The SMILES string of the molecule is CC/C=C\C/C=C\C/C=C\C/C=C\C/C=C\CCCCCC(=O)OCC(COP(=O)(O)OCC(O)COP(=O)(O)OCC(O)COC(=O)CCCCCCC/C=C\C/C=C\C/C=C\C/C=C\CCCCC)OC(=O)CCCCCCC/C=C\CCCCCC. The van der Waals surface area contributed by atoms with Gasteiger partial charge in [0.05, 0.1) is 26.4 Å². The topological polar surface area (TPSA) is 231 Å². The summed E-state index contributed by atoms with van der Waals surface area (Å²) in [5, 5.41) is 20.5. The van der Waals surface area contributed by atoms with E-state index in [0.29, 0.717) is 19.3 Å². The molecule has 16 nitrogen and oxygen atoms in total. The monoisotopic (exact) mass is 1290 g/mol. The second-order valence-electron chi connectivity index (χ2n) is 22.2. The average Bonchev–Trinajstić information content (AvgIpc) is 3.72. The number of allylic oxidation sites excluding steroid dienone is 20. The van der Waals surface area contributed by atoms with Gasteiger partial charge >= 0.3 is 33.6 Å². The van der Waals surface area contributed by atoms with E-state index in [0.717, 1.165) is 141 Å². The van der Waals surface area contributed by atoms with Crippen molar-refractivity contribution in [1.29, 1.82) is 0 Å². The summed E-state index contributed by atoms with van der Waals surface area (Å²) in [5.74, 6) is -1.65. The van der Waals surface area contributed by atoms with E-state index >= 15 is 0 Å². The lowest BCUT2D eigenvalue weighted by Gasteiger charge is -2.21. The van der Waals surface area contributed by atoms with Crippen molar-refractivity contribution in [2.75, 3.05) is 39.6 Å². The standard InChI is InChI=1S/C71H120O16P2/c1-4-7-10-13-16-19-22-25-27-29-31-32-34-36-37-40-42-45-48-51-54-57-69(74)81-60-66(72)61-83-88(77,78)84-62-67(73)63-85-89(79,80)86-65-68(87-71(76)59-56-53-50-47-44-39-24-21-18-15-12-9-6-3)64-82-70(75)58-55-52-49-46-43-41-38-35-33-30-28-26-23-20-17-14-11-8-5-2/h8,11,16-17,19-21,24-28,31-33,35-37,41,43,66-68,72-73H,4-7,9-10,12-15,18,22-23,29-30,34,38-40,42,44-65H2,1-3H3,(H,77,78)(H,79,80)/b11-8-,19-16-,20-17-,24-21-,27-25-,28-26-,32-31-,35-33-,37-36-,43-41-. The van der Waals surface area contributed by atoms with Crippen molar-refractivity contribution in [1.82, 2.24) is 0 Å². The third-order valence-corrected chi connectivity index (χ3v) is 15.5. The van der Waals surface area contributed by atoms with E-state index in [2.05, 4.69) is 142 Å². The minimum Gasteiger partial charge on any atom is -0.463 e. The van der Waals surface area contributed by atoms with E-state index in [1.165, 1.54) is 51.4 Å². The van der Waals surface area contributed by atoms with Gasteiger partial charge in [0, 0.05) is 19.3 Å². The molecule has 0 saturated carbocycles. The molecule has 0 spiro atoms. The Morgan fingerprint density at radius 3 is 0.989 bits per heavy atom. The predicted molar refractivity (Wildman–Crippen MR) is 362 cm³/mol. The van der Waals surface area contributed by atoms with E-state index in [1.807, 2.05) is 0 Å². The maximum absolute atomic E-state index is 12.9. The fourth-order valence-electron chi connectivity index (χ4n) is 8.46. The van der Waals surface area contributed by atoms with E-state index in [1.54, 1.807) is 0 Å². The van der Waals surface area contributed by atoms with Crippen molar-refractivity contribution in [3.8, 4) is 0 Å². The number of unbranched alkanes of at least 4 members (excludes halogenated alkanes) is 20. The molecule has 510 valence electrons. The zero-order valence-corrected chi connectivity index (χ0v) is 56.8. The number of hydrogen-bond acceptors (Lipinski definition) is 14. The molecule has 0 aliphatic carbocycles. The minimum absolute atomic E-state index is 0.0833. The van der Waals surface area contributed by atoms with Crippen molar-refractivity contribution >= 4 is 33.6 Å². The highest BCUT2D eigenvalue weighted by atomic mass is 31.2. The van der Waals surface area contributed by atoms with Gasteiger partial charge in [0.1, 0.15) is 25.4 Å². The zero-order valence-electron chi connectivity index (χ0n) is 55.1.